The van der Waals surface area contributed by atoms with Crippen LogP contribution in [0.1, 0.15) is 5.56 Å². The van der Waals surface area contributed by atoms with E-state index in [1.54, 1.807) is 25.6 Å². The van der Waals surface area contributed by atoms with Gasteiger partial charge in [-0.05, 0) is 31.2 Å². The molecule has 4 heteroatoms. The number of anilines is 1. The van der Waals surface area contributed by atoms with Gasteiger partial charge >= 0.3 is 0 Å². The number of benzene rings is 1. The second-order valence-electron chi connectivity index (χ2n) is 3.68. The van der Waals surface area contributed by atoms with Crippen LogP contribution in [0, 0.1) is 6.92 Å². The zero-order valence-electron chi connectivity index (χ0n) is 10.1. The van der Waals surface area contributed by atoms with Gasteiger partial charge in [-0.15, -0.1) is 11.3 Å². The Kier molecular flexibility index (Phi) is 3.24. The number of hydrogen-bond acceptors (Lipinski definition) is 4. The van der Waals surface area contributed by atoms with E-state index in [0.717, 1.165) is 32.5 Å². The van der Waals surface area contributed by atoms with Crippen LogP contribution in [-0.2, 0) is 0 Å². The van der Waals surface area contributed by atoms with E-state index in [2.05, 4.69) is 0 Å². The second kappa shape index (κ2) is 4.67. The van der Waals surface area contributed by atoms with Crippen LogP contribution in [0.15, 0.2) is 24.3 Å². The Hall–Kier alpha value is -1.68. The maximum absolute atomic E-state index is 5.75. The summed E-state index contributed by atoms with van der Waals surface area (Å²) in [6.45, 7) is 1.98. The lowest BCUT2D eigenvalue weighted by molar-refractivity contribution is 0.390. The van der Waals surface area contributed by atoms with Gasteiger partial charge in [-0.2, -0.15) is 0 Å². The summed E-state index contributed by atoms with van der Waals surface area (Å²) in [7, 11) is 3.33. The maximum atomic E-state index is 5.75. The summed E-state index contributed by atoms with van der Waals surface area (Å²) in [6, 6.07) is 7.85. The molecule has 90 valence electrons. The minimum Gasteiger partial charge on any atom is -0.496 e. The molecule has 1 aromatic heterocycles. The number of hydrogen-bond donors (Lipinski definition) is 1. The van der Waals surface area contributed by atoms with Crippen molar-refractivity contribution in [3.05, 3.63) is 29.8 Å². The number of ether oxygens (including phenoxy) is 2. The molecule has 0 atom stereocenters. The van der Waals surface area contributed by atoms with Crippen LogP contribution in [-0.4, -0.2) is 14.2 Å². The van der Waals surface area contributed by atoms with Crippen LogP contribution in [0.5, 0.6) is 11.5 Å². The van der Waals surface area contributed by atoms with Crippen molar-refractivity contribution < 1.29 is 9.47 Å². The first kappa shape index (κ1) is 11.8. The smallest absolute Gasteiger partial charge is 0.134 e. The molecule has 17 heavy (non-hydrogen) atoms. The van der Waals surface area contributed by atoms with E-state index in [0.29, 0.717) is 0 Å². The van der Waals surface area contributed by atoms with E-state index < -0.39 is 0 Å². The van der Waals surface area contributed by atoms with E-state index in [-0.39, 0.29) is 0 Å². The molecule has 0 saturated heterocycles. The highest BCUT2D eigenvalue weighted by Crippen LogP contribution is 2.40. The van der Waals surface area contributed by atoms with Gasteiger partial charge in [-0.1, -0.05) is 0 Å². The third-order valence-electron chi connectivity index (χ3n) is 2.67. The number of nitrogen functional groups attached to an aromatic ring is 1. The first-order valence-corrected chi connectivity index (χ1v) is 6.06. The number of nitrogens with two attached hydrogens (primary N) is 1. The lowest BCUT2D eigenvalue weighted by Crippen LogP contribution is -1.94. The molecule has 0 bridgehead atoms. The van der Waals surface area contributed by atoms with Gasteiger partial charge < -0.3 is 15.2 Å². The molecule has 0 unspecified atom stereocenters. The van der Waals surface area contributed by atoms with Gasteiger partial charge in [-0.25, -0.2) is 0 Å². The molecule has 0 aliphatic rings. The van der Waals surface area contributed by atoms with Crippen LogP contribution in [0.3, 0.4) is 0 Å². The highest BCUT2D eigenvalue weighted by atomic mass is 32.1. The topological polar surface area (TPSA) is 44.5 Å². The summed E-state index contributed by atoms with van der Waals surface area (Å²) >= 11 is 1.55. The minimum atomic E-state index is 0.801. The van der Waals surface area contributed by atoms with Gasteiger partial charge in [0.25, 0.3) is 0 Å². The van der Waals surface area contributed by atoms with Gasteiger partial charge in [0.1, 0.15) is 11.5 Å². The molecule has 0 spiro atoms. The van der Waals surface area contributed by atoms with Crippen LogP contribution in [0.25, 0.3) is 10.4 Å². The van der Waals surface area contributed by atoms with E-state index in [9.17, 15) is 0 Å². The zero-order valence-corrected chi connectivity index (χ0v) is 10.9. The van der Waals surface area contributed by atoms with Crippen molar-refractivity contribution in [2.75, 3.05) is 20.0 Å². The summed E-state index contributed by atoms with van der Waals surface area (Å²) in [4.78, 5) is 1.10. The van der Waals surface area contributed by atoms with E-state index in [1.807, 2.05) is 31.2 Å². The fraction of sp³-hybridized carbons (Fsp3) is 0.231. The number of thiophene rings is 1. The van der Waals surface area contributed by atoms with E-state index >= 15 is 0 Å². The molecule has 0 amide bonds. The molecule has 2 aromatic rings. The van der Waals surface area contributed by atoms with Crippen molar-refractivity contribution in [3.63, 3.8) is 0 Å². The molecule has 0 aliphatic carbocycles. The Morgan fingerprint density at radius 1 is 1.06 bits per heavy atom. The monoisotopic (exact) mass is 249 g/mol. The van der Waals surface area contributed by atoms with Crippen molar-refractivity contribution in [2.24, 2.45) is 0 Å². The SMILES string of the molecule is COc1ccc(-c2ccc(N)s2)c(OC)c1C. The van der Waals surface area contributed by atoms with Crippen molar-refractivity contribution in [2.45, 2.75) is 6.92 Å². The molecule has 1 aromatic carbocycles. The molecule has 3 nitrogen and oxygen atoms in total. The second-order valence-corrected chi connectivity index (χ2v) is 4.79. The Balaban J connectivity index is 2.58. The number of rotatable bonds is 3. The highest BCUT2D eigenvalue weighted by Gasteiger charge is 2.13. The Bertz CT molecular complexity index is 534. The molecule has 1 heterocycles. The first-order valence-electron chi connectivity index (χ1n) is 5.24. The molecule has 2 rings (SSSR count). The molecule has 0 radical (unpaired) electrons. The molecule has 0 saturated carbocycles. The van der Waals surface area contributed by atoms with Crippen LogP contribution in [0.4, 0.5) is 5.00 Å². The van der Waals surface area contributed by atoms with Crippen LogP contribution >= 0.6 is 11.3 Å². The van der Waals surface area contributed by atoms with Gasteiger partial charge in [0.15, 0.2) is 0 Å². The van der Waals surface area contributed by atoms with Gasteiger partial charge in [0.2, 0.25) is 0 Å². The molecule has 0 aliphatic heterocycles. The Labute approximate surface area is 105 Å². The van der Waals surface area contributed by atoms with Crippen molar-refractivity contribution >= 4 is 16.3 Å². The molecular weight excluding hydrogens is 234 g/mol. The Morgan fingerprint density at radius 2 is 1.82 bits per heavy atom. The first-order chi connectivity index (χ1) is 8.17. The molecule has 2 N–H and O–H groups in total. The number of methoxy groups -OCH3 is 2. The molecule has 0 fully saturated rings. The zero-order chi connectivity index (χ0) is 12.4. The normalized spacial score (nSPS) is 10.3. The van der Waals surface area contributed by atoms with Crippen LogP contribution < -0.4 is 15.2 Å². The quantitative estimate of drug-likeness (QED) is 0.907. The Morgan fingerprint density at radius 3 is 2.35 bits per heavy atom. The van der Waals surface area contributed by atoms with E-state index in [4.69, 9.17) is 15.2 Å². The van der Waals surface area contributed by atoms with Crippen LogP contribution in [0.2, 0.25) is 0 Å². The summed E-state index contributed by atoms with van der Waals surface area (Å²) < 4.78 is 10.8. The lowest BCUT2D eigenvalue weighted by Gasteiger charge is -2.13. The third-order valence-corrected chi connectivity index (χ3v) is 3.62. The fourth-order valence-electron chi connectivity index (χ4n) is 1.85. The van der Waals surface area contributed by atoms with E-state index in [1.165, 1.54) is 0 Å². The predicted octanol–water partition coefficient (Wildman–Crippen LogP) is 3.32. The standard InChI is InChI=1S/C13H15NO2S/c1-8-10(15-2)5-4-9(13(8)16-3)11-6-7-12(14)17-11/h4-7H,14H2,1-3H3. The largest absolute Gasteiger partial charge is 0.496 e. The average molecular weight is 249 g/mol. The third kappa shape index (κ3) is 2.08. The van der Waals surface area contributed by atoms with Gasteiger partial charge in [0, 0.05) is 16.0 Å². The van der Waals surface area contributed by atoms with Crippen molar-refractivity contribution in [3.8, 4) is 21.9 Å². The van der Waals surface area contributed by atoms with Crippen molar-refractivity contribution in [1.29, 1.82) is 0 Å². The summed E-state index contributed by atoms with van der Waals surface area (Å²) in [6.07, 6.45) is 0. The highest BCUT2D eigenvalue weighted by molar-refractivity contribution is 7.19. The maximum Gasteiger partial charge on any atom is 0.134 e. The van der Waals surface area contributed by atoms with Gasteiger partial charge in [0.05, 0.1) is 19.2 Å². The van der Waals surface area contributed by atoms with Crippen molar-refractivity contribution in [1.82, 2.24) is 0 Å². The minimum absolute atomic E-state index is 0.801. The summed E-state index contributed by atoms with van der Waals surface area (Å²) in [5.74, 6) is 1.67. The lowest BCUT2D eigenvalue weighted by atomic mass is 10.1. The van der Waals surface area contributed by atoms with Gasteiger partial charge in [-0.3, -0.25) is 0 Å². The summed E-state index contributed by atoms with van der Waals surface area (Å²) in [5.41, 5.74) is 7.80. The summed E-state index contributed by atoms with van der Waals surface area (Å²) in [5, 5.41) is 0.801. The average Bonchev–Trinajstić information content (AvgIpc) is 2.75. The predicted molar refractivity (Wildman–Crippen MR) is 72.0 cm³/mol. The molecular formula is C13H15NO2S. The fourth-order valence-corrected chi connectivity index (χ4v) is 2.65.